The van der Waals surface area contributed by atoms with Crippen LogP contribution in [0.1, 0.15) is 162 Å². The number of carbonyl (C=O) groups excluding carboxylic acids is 2. The maximum absolute atomic E-state index is 12.1. The van der Waals surface area contributed by atoms with Crippen LogP contribution < -0.4 is 0 Å². The zero-order valence-corrected chi connectivity index (χ0v) is 28.7. The Bertz CT molecular complexity index is 744. The summed E-state index contributed by atoms with van der Waals surface area (Å²) in [7, 11) is 0. The summed E-state index contributed by atoms with van der Waals surface area (Å²) in [4.78, 5) is 24.2. The summed E-state index contributed by atoms with van der Waals surface area (Å²) < 4.78 is 10.5. The second-order valence-corrected chi connectivity index (χ2v) is 12.4. The summed E-state index contributed by atoms with van der Waals surface area (Å²) in [6, 6.07) is 0. The fourth-order valence-electron chi connectivity index (χ4n) is 4.92. The third-order valence-corrected chi connectivity index (χ3v) is 8.07. The van der Waals surface area contributed by atoms with Crippen LogP contribution in [0, 0.1) is 5.92 Å². The minimum Gasteiger partial charge on any atom is -0.462 e. The molecule has 2 N–H and O–H groups in total. The monoisotopic (exact) mass is 621 g/mol. The Balaban J connectivity index is 3.66. The van der Waals surface area contributed by atoms with Crippen molar-refractivity contribution in [1.82, 2.24) is 0 Å². The number of hydrogen-bond donors (Lipinski definition) is 2. The highest BCUT2D eigenvalue weighted by atomic mass is 16.6. The van der Waals surface area contributed by atoms with E-state index in [4.69, 9.17) is 9.47 Å². The molecule has 6 heteroatoms. The number of ether oxygens (including phenoxy) is 2. The van der Waals surface area contributed by atoms with E-state index in [1.165, 1.54) is 57.8 Å². The first-order valence-electron chi connectivity index (χ1n) is 18.0. The molecular weight excluding hydrogens is 552 g/mol. The van der Waals surface area contributed by atoms with Crippen LogP contribution in [0.25, 0.3) is 0 Å². The molecule has 0 aromatic carbocycles. The van der Waals surface area contributed by atoms with Gasteiger partial charge >= 0.3 is 11.9 Å². The van der Waals surface area contributed by atoms with Gasteiger partial charge in [-0.2, -0.15) is 0 Å². The molecule has 0 saturated heterocycles. The van der Waals surface area contributed by atoms with Crippen LogP contribution >= 0.6 is 0 Å². The highest BCUT2D eigenvalue weighted by Gasteiger charge is 2.16. The topological polar surface area (TPSA) is 93.1 Å². The molecule has 0 fully saturated rings. The van der Waals surface area contributed by atoms with Crippen molar-refractivity contribution in [2.24, 2.45) is 5.92 Å². The van der Waals surface area contributed by atoms with Gasteiger partial charge in [0.15, 0.2) is 6.10 Å². The second kappa shape index (κ2) is 32.5. The van der Waals surface area contributed by atoms with Crippen LogP contribution in [-0.4, -0.2) is 47.6 Å². The molecule has 0 saturated carbocycles. The van der Waals surface area contributed by atoms with Crippen molar-refractivity contribution < 1.29 is 29.3 Å². The van der Waals surface area contributed by atoms with Gasteiger partial charge < -0.3 is 19.7 Å². The number of allylic oxidation sites excluding steroid dienone is 4. The van der Waals surface area contributed by atoms with E-state index in [0.717, 1.165) is 70.1 Å². The van der Waals surface area contributed by atoms with Gasteiger partial charge in [0, 0.05) is 12.8 Å². The van der Waals surface area contributed by atoms with Gasteiger partial charge in [-0.3, -0.25) is 9.59 Å². The highest BCUT2D eigenvalue weighted by Crippen LogP contribution is 2.16. The number of esters is 2. The van der Waals surface area contributed by atoms with Crippen LogP contribution in [0.3, 0.4) is 0 Å². The number of carbonyl (C=O) groups is 2. The van der Waals surface area contributed by atoms with Gasteiger partial charge in [-0.1, -0.05) is 147 Å². The maximum atomic E-state index is 12.1. The first kappa shape index (κ1) is 42.1. The van der Waals surface area contributed by atoms with Gasteiger partial charge in [-0.25, -0.2) is 0 Å². The Labute approximate surface area is 270 Å². The third kappa shape index (κ3) is 30.1. The van der Waals surface area contributed by atoms with Gasteiger partial charge in [-0.15, -0.1) is 0 Å². The van der Waals surface area contributed by atoms with Crippen molar-refractivity contribution in [1.29, 1.82) is 0 Å². The summed E-state index contributed by atoms with van der Waals surface area (Å²) in [5, 5.41) is 19.3. The second-order valence-electron chi connectivity index (χ2n) is 12.4. The summed E-state index contributed by atoms with van der Waals surface area (Å²) in [6.07, 6.45) is 33.8. The normalized spacial score (nSPS) is 14.0. The first-order valence-corrected chi connectivity index (χ1v) is 18.0. The predicted octanol–water partition coefficient (Wildman–Crippen LogP) is 9.72. The first-order chi connectivity index (χ1) is 21.4. The van der Waals surface area contributed by atoms with Crippen molar-refractivity contribution in [3.05, 3.63) is 36.5 Å². The van der Waals surface area contributed by atoms with Crippen LogP contribution in [-0.2, 0) is 19.1 Å². The lowest BCUT2D eigenvalue weighted by molar-refractivity contribution is -0.161. The average Bonchev–Trinajstić information content (AvgIpc) is 3.02. The lowest BCUT2D eigenvalue weighted by Crippen LogP contribution is -2.28. The van der Waals surface area contributed by atoms with Gasteiger partial charge in [0.2, 0.25) is 0 Å². The number of aliphatic hydroxyl groups is 2. The third-order valence-electron chi connectivity index (χ3n) is 8.07. The van der Waals surface area contributed by atoms with Gasteiger partial charge in [-0.05, 0) is 44.4 Å². The molecule has 0 bridgehead atoms. The lowest BCUT2D eigenvalue weighted by Gasteiger charge is -2.15. The molecule has 0 aliphatic rings. The molecule has 0 heterocycles. The van der Waals surface area contributed by atoms with E-state index < -0.39 is 12.2 Å². The largest absolute Gasteiger partial charge is 0.462 e. The summed E-state index contributed by atoms with van der Waals surface area (Å²) in [6.45, 7) is 6.26. The molecule has 44 heavy (non-hydrogen) atoms. The van der Waals surface area contributed by atoms with Gasteiger partial charge in [0.25, 0.3) is 0 Å². The van der Waals surface area contributed by atoms with Crippen LogP contribution in [0.4, 0.5) is 0 Å². The minimum atomic E-state index is -0.795. The number of rotatable bonds is 31. The van der Waals surface area contributed by atoms with Gasteiger partial charge in [0.05, 0.1) is 12.7 Å². The quantitative estimate of drug-likeness (QED) is 0.0347. The summed E-state index contributed by atoms with van der Waals surface area (Å²) in [5.41, 5.74) is 0. The van der Waals surface area contributed by atoms with E-state index in [-0.39, 0.29) is 25.2 Å². The molecule has 3 atom stereocenters. The van der Waals surface area contributed by atoms with Crippen molar-refractivity contribution in [3.8, 4) is 0 Å². The Kier molecular flexibility index (Phi) is 31.1. The molecule has 0 amide bonds. The summed E-state index contributed by atoms with van der Waals surface area (Å²) in [5.74, 6) is 0.226. The Morgan fingerprint density at radius 3 is 1.86 bits per heavy atom. The van der Waals surface area contributed by atoms with Crippen LogP contribution in [0.5, 0.6) is 0 Å². The van der Waals surface area contributed by atoms with Crippen molar-refractivity contribution >= 4 is 11.9 Å². The zero-order chi connectivity index (χ0) is 32.5. The lowest BCUT2D eigenvalue weighted by atomic mass is 9.99. The molecule has 0 radical (unpaired) electrons. The minimum absolute atomic E-state index is 0.0873. The van der Waals surface area contributed by atoms with Crippen molar-refractivity contribution in [2.75, 3.05) is 13.2 Å². The van der Waals surface area contributed by atoms with E-state index in [2.05, 4.69) is 32.9 Å². The fraction of sp³-hybridized carbons (Fsp3) is 0.789. The predicted molar refractivity (Wildman–Crippen MR) is 183 cm³/mol. The molecule has 0 spiro atoms. The standard InChI is InChI=1S/C38H68O6/c1-4-6-22-28-35(40)29-24-19-15-11-9-13-17-21-26-31-38(42)44-36(32-39)33-43-37(41)30-25-20-16-12-8-7-10-14-18-23-27-34(3)5-2/h6,15,19,22,24,29,34-36,39-40H,4-5,7-14,16-18,20-21,23,25-28,30-33H2,1-3H3/b19-15+,22-6+,29-24+/t34?,35?,36-/m0/s1. The zero-order valence-electron chi connectivity index (χ0n) is 28.7. The molecular formula is C38H68O6. The smallest absolute Gasteiger partial charge is 0.306 e. The fourth-order valence-corrected chi connectivity index (χ4v) is 4.92. The van der Waals surface area contributed by atoms with Crippen LogP contribution in [0.15, 0.2) is 36.5 Å². The molecule has 0 aromatic heterocycles. The Morgan fingerprint density at radius 2 is 1.27 bits per heavy atom. The molecule has 0 aliphatic heterocycles. The maximum Gasteiger partial charge on any atom is 0.306 e. The van der Waals surface area contributed by atoms with E-state index >= 15 is 0 Å². The van der Waals surface area contributed by atoms with E-state index in [0.29, 0.717) is 19.3 Å². The van der Waals surface area contributed by atoms with E-state index in [1.54, 1.807) is 0 Å². The van der Waals surface area contributed by atoms with Gasteiger partial charge in [0.1, 0.15) is 6.61 Å². The molecule has 0 aromatic rings. The number of aliphatic hydroxyl groups excluding tert-OH is 2. The number of unbranched alkanes of at least 4 members (excludes halogenated alkanes) is 14. The Morgan fingerprint density at radius 1 is 0.705 bits per heavy atom. The SMILES string of the molecule is CC/C=C/CC(O)/C=C/C=C/CCCCCCCC(=O)O[C@@H](CO)COC(=O)CCCCCCCCCCCCC(C)CC. The van der Waals surface area contributed by atoms with Crippen LogP contribution in [0.2, 0.25) is 0 Å². The van der Waals surface area contributed by atoms with Crippen molar-refractivity contribution in [3.63, 3.8) is 0 Å². The molecule has 256 valence electrons. The molecule has 6 nitrogen and oxygen atoms in total. The van der Waals surface area contributed by atoms with Crippen molar-refractivity contribution in [2.45, 2.75) is 174 Å². The number of hydrogen-bond acceptors (Lipinski definition) is 6. The highest BCUT2D eigenvalue weighted by molar-refractivity contribution is 5.70. The molecule has 0 aliphatic carbocycles. The summed E-state index contributed by atoms with van der Waals surface area (Å²) >= 11 is 0. The molecule has 2 unspecified atom stereocenters. The van der Waals surface area contributed by atoms with E-state index in [9.17, 15) is 19.8 Å². The Hall–Kier alpha value is -1.92. The van der Waals surface area contributed by atoms with E-state index in [1.807, 2.05) is 24.3 Å². The molecule has 0 rings (SSSR count). The average molecular weight is 621 g/mol.